The Hall–Kier alpha value is -1.68. The van der Waals surface area contributed by atoms with Gasteiger partial charge in [-0.3, -0.25) is 4.98 Å². The molecule has 0 unspecified atom stereocenters. The van der Waals surface area contributed by atoms with Crippen LogP contribution in [0, 0.1) is 0 Å². The van der Waals surface area contributed by atoms with Crippen molar-refractivity contribution >= 4 is 0 Å². The number of hydrogen-bond acceptors (Lipinski definition) is 3. The summed E-state index contributed by atoms with van der Waals surface area (Å²) < 4.78 is 0. The van der Waals surface area contributed by atoms with Crippen LogP contribution in [-0.4, -0.2) is 21.5 Å². The first kappa shape index (κ1) is 8.90. The van der Waals surface area contributed by atoms with E-state index in [1.165, 1.54) is 0 Å². The van der Waals surface area contributed by atoms with Crippen molar-refractivity contribution in [3.8, 4) is 11.4 Å². The lowest BCUT2D eigenvalue weighted by molar-refractivity contribution is 0.909. The molecule has 0 bridgehead atoms. The van der Waals surface area contributed by atoms with Crippen LogP contribution in [0.5, 0.6) is 0 Å². The smallest absolute Gasteiger partial charge is 0.105 e. The lowest BCUT2D eigenvalue weighted by Crippen LogP contribution is -2.05. The third kappa shape index (κ3) is 1.80. The topological polar surface area (TPSA) is 67.6 Å². The van der Waals surface area contributed by atoms with E-state index in [1.807, 2.05) is 18.3 Å². The SMILES string of the molecule is NCCc1cncc(-c2ccc[nH]2)n1. The van der Waals surface area contributed by atoms with Gasteiger partial charge in [-0.05, 0) is 18.7 Å². The number of rotatable bonds is 3. The van der Waals surface area contributed by atoms with Crippen LogP contribution in [0.3, 0.4) is 0 Å². The van der Waals surface area contributed by atoms with Gasteiger partial charge in [0, 0.05) is 18.8 Å². The highest BCUT2D eigenvalue weighted by Gasteiger charge is 2.01. The maximum Gasteiger partial charge on any atom is 0.105 e. The van der Waals surface area contributed by atoms with Crippen LogP contribution < -0.4 is 5.73 Å². The van der Waals surface area contributed by atoms with Gasteiger partial charge in [-0.2, -0.15) is 0 Å². The summed E-state index contributed by atoms with van der Waals surface area (Å²) in [7, 11) is 0. The Kier molecular flexibility index (Phi) is 2.55. The Morgan fingerprint density at radius 1 is 1.36 bits per heavy atom. The molecule has 2 heterocycles. The fourth-order valence-electron chi connectivity index (χ4n) is 1.29. The zero-order valence-electron chi connectivity index (χ0n) is 7.77. The highest BCUT2D eigenvalue weighted by molar-refractivity contribution is 5.52. The van der Waals surface area contributed by atoms with Crippen molar-refractivity contribution in [3.63, 3.8) is 0 Å². The molecule has 0 amide bonds. The summed E-state index contributed by atoms with van der Waals surface area (Å²) in [5.74, 6) is 0. The van der Waals surface area contributed by atoms with Crippen molar-refractivity contribution in [2.24, 2.45) is 5.73 Å². The normalized spacial score (nSPS) is 10.4. The van der Waals surface area contributed by atoms with Crippen molar-refractivity contribution in [2.45, 2.75) is 6.42 Å². The van der Waals surface area contributed by atoms with E-state index in [2.05, 4.69) is 15.0 Å². The molecule has 2 aromatic heterocycles. The van der Waals surface area contributed by atoms with Crippen molar-refractivity contribution in [2.75, 3.05) is 6.54 Å². The molecule has 0 radical (unpaired) electrons. The van der Waals surface area contributed by atoms with Gasteiger partial charge in [0.1, 0.15) is 5.69 Å². The fourth-order valence-corrected chi connectivity index (χ4v) is 1.29. The lowest BCUT2D eigenvalue weighted by Gasteiger charge is -2.00. The molecule has 2 rings (SSSR count). The van der Waals surface area contributed by atoms with Gasteiger partial charge in [0.2, 0.25) is 0 Å². The van der Waals surface area contributed by atoms with E-state index in [9.17, 15) is 0 Å². The van der Waals surface area contributed by atoms with E-state index in [-0.39, 0.29) is 0 Å². The van der Waals surface area contributed by atoms with E-state index in [1.54, 1.807) is 12.4 Å². The summed E-state index contributed by atoms with van der Waals surface area (Å²) in [5.41, 5.74) is 8.23. The first-order valence-electron chi connectivity index (χ1n) is 4.55. The number of nitrogens with zero attached hydrogens (tertiary/aromatic N) is 2. The molecule has 72 valence electrons. The van der Waals surface area contributed by atoms with Gasteiger partial charge < -0.3 is 10.7 Å². The van der Waals surface area contributed by atoms with Gasteiger partial charge in [0.05, 0.1) is 17.6 Å². The molecule has 0 atom stereocenters. The molecular weight excluding hydrogens is 176 g/mol. The van der Waals surface area contributed by atoms with Crippen molar-refractivity contribution in [1.29, 1.82) is 0 Å². The van der Waals surface area contributed by atoms with Gasteiger partial charge in [0.15, 0.2) is 0 Å². The predicted octanol–water partition coefficient (Wildman–Crippen LogP) is 0.973. The summed E-state index contributed by atoms with van der Waals surface area (Å²) >= 11 is 0. The van der Waals surface area contributed by atoms with Crippen molar-refractivity contribution in [1.82, 2.24) is 15.0 Å². The van der Waals surface area contributed by atoms with E-state index in [4.69, 9.17) is 5.73 Å². The number of aromatic amines is 1. The van der Waals surface area contributed by atoms with E-state index in [0.29, 0.717) is 6.54 Å². The highest BCUT2D eigenvalue weighted by Crippen LogP contribution is 2.12. The summed E-state index contributed by atoms with van der Waals surface area (Å²) in [6, 6.07) is 3.91. The molecule has 2 aromatic rings. The van der Waals surface area contributed by atoms with Crippen molar-refractivity contribution in [3.05, 3.63) is 36.4 Å². The standard InChI is InChI=1S/C10H12N4/c11-4-3-8-6-12-7-10(14-8)9-2-1-5-13-9/h1-2,5-7,13H,3-4,11H2. The quantitative estimate of drug-likeness (QED) is 0.754. The molecular formula is C10H12N4. The van der Waals surface area contributed by atoms with Crippen LogP contribution in [-0.2, 0) is 6.42 Å². The van der Waals surface area contributed by atoms with E-state index < -0.39 is 0 Å². The van der Waals surface area contributed by atoms with E-state index >= 15 is 0 Å². The molecule has 0 aromatic carbocycles. The third-order valence-electron chi connectivity index (χ3n) is 1.96. The summed E-state index contributed by atoms with van der Waals surface area (Å²) in [6.07, 6.45) is 6.12. The van der Waals surface area contributed by atoms with Crippen LogP contribution >= 0.6 is 0 Å². The van der Waals surface area contributed by atoms with Crippen LogP contribution in [0.4, 0.5) is 0 Å². The Labute approximate surface area is 82.2 Å². The lowest BCUT2D eigenvalue weighted by atomic mass is 10.3. The summed E-state index contributed by atoms with van der Waals surface area (Å²) in [4.78, 5) is 11.6. The second kappa shape index (κ2) is 4.02. The summed E-state index contributed by atoms with van der Waals surface area (Å²) in [5, 5.41) is 0. The second-order valence-electron chi connectivity index (χ2n) is 3.02. The zero-order valence-corrected chi connectivity index (χ0v) is 7.77. The minimum atomic E-state index is 0.600. The molecule has 0 fully saturated rings. The van der Waals surface area contributed by atoms with Crippen LogP contribution in [0.1, 0.15) is 5.69 Å². The minimum Gasteiger partial charge on any atom is -0.360 e. The number of H-pyrrole nitrogens is 1. The average molecular weight is 188 g/mol. The number of aromatic nitrogens is 3. The second-order valence-corrected chi connectivity index (χ2v) is 3.02. The summed E-state index contributed by atoms with van der Waals surface area (Å²) in [6.45, 7) is 0.600. The molecule has 0 aliphatic heterocycles. The highest BCUT2D eigenvalue weighted by atomic mass is 14.8. The zero-order chi connectivity index (χ0) is 9.80. The molecule has 14 heavy (non-hydrogen) atoms. The molecule has 0 saturated heterocycles. The number of nitrogens with two attached hydrogens (primary N) is 1. The average Bonchev–Trinajstić information content (AvgIpc) is 2.71. The monoisotopic (exact) mass is 188 g/mol. The van der Waals surface area contributed by atoms with Gasteiger partial charge in [-0.1, -0.05) is 0 Å². The fraction of sp³-hybridized carbons (Fsp3) is 0.200. The van der Waals surface area contributed by atoms with Crippen LogP contribution in [0.15, 0.2) is 30.7 Å². The molecule has 0 saturated carbocycles. The Morgan fingerprint density at radius 2 is 2.29 bits per heavy atom. The first-order chi connectivity index (χ1) is 6.90. The first-order valence-corrected chi connectivity index (χ1v) is 4.55. The Morgan fingerprint density at radius 3 is 3.00 bits per heavy atom. The van der Waals surface area contributed by atoms with Gasteiger partial charge in [0.25, 0.3) is 0 Å². The van der Waals surface area contributed by atoms with Crippen molar-refractivity contribution < 1.29 is 0 Å². The Bertz CT molecular complexity index is 394. The molecule has 0 aliphatic carbocycles. The van der Waals surface area contributed by atoms with Crippen LogP contribution in [0.25, 0.3) is 11.4 Å². The van der Waals surface area contributed by atoms with Gasteiger partial charge in [-0.15, -0.1) is 0 Å². The minimum absolute atomic E-state index is 0.600. The Balaban J connectivity index is 2.31. The van der Waals surface area contributed by atoms with E-state index in [0.717, 1.165) is 23.5 Å². The molecule has 0 spiro atoms. The van der Waals surface area contributed by atoms with Gasteiger partial charge in [-0.25, -0.2) is 4.98 Å². The van der Waals surface area contributed by atoms with Crippen LogP contribution in [0.2, 0.25) is 0 Å². The molecule has 0 aliphatic rings. The maximum absolute atomic E-state index is 5.45. The molecule has 3 N–H and O–H groups in total. The molecule has 4 nitrogen and oxygen atoms in total. The van der Waals surface area contributed by atoms with Gasteiger partial charge >= 0.3 is 0 Å². The molecule has 4 heteroatoms. The largest absolute Gasteiger partial charge is 0.360 e. The number of nitrogens with one attached hydrogen (secondary N) is 1. The number of hydrogen-bond donors (Lipinski definition) is 2. The predicted molar refractivity (Wildman–Crippen MR) is 54.6 cm³/mol. The maximum atomic E-state index is 5.45. The third-order valence-corrected chi connectivity index (χ3v) is 1.96.